The molecule has 0 aliphatic heterocycles. The maximum absolute atomic E-state index is 8.79. The molecule has 0 aliphatic rings. The fraction of sp³-hybridized carbons (Fsp3) is 0.357. The minimum atomic E-state index is 0.765. The number of nitriles is 1. The summed E-state index contributed by atoms with van der Waals surface area (Å²) in [6, 6.07) is 8.11. The summed E-state index contributed by atoms with van der Waals surface area (Å²) in [5, 5.41) is 8.79. The Labute approximate surface area is 92.1 Å². The molecule has 1 heteroatoms. The van der Waals surface area contributed by atoms with Crippen molar-refractivity contribution in [1.82, 2.24) is 0 Å². The van der Waals surface area contributed by atoms with E-state index < -0.39 is 0 Å². The third-order valence-corrected chi connectivity index (χ3v) is 2.41. The lowest BCUT2D eigenvalue weighted by molar-refractivity contribution is 0.816. The molecule has 0 aromatic heterocycles. The molecule has 0 radical (unpaired) electrons. The molecular weight excluding hydrogens is 182 g/mol. The molecule has 1 nitrogen and oxygen atoms in total. The van der Waals surface area contributed by atoms with Crippen LogP contribution < -0.4 is 0 Å². The topological polar surface area (TPSA) is 23.8 Å². The fourth-order valence-corrected chi connectivity index (χ4v) is 1.46. The van der Waals surface area contributed by atoms with E-state index in [0.717, 1.165) is 17.5 Å². The van der Waals surface area contributed by atoms with Gasteiger partial charge < -0.3 is 0 Å². The van der Waals surface area contributed by atoms with Crippen LogP contribution in [0.25, 0.3) is 6.08 Å². The fourth-order valence-electron chi connectivity index (χ4n) is 1.46. The molecule has 0 heterocycles. The van der Waals surface area contributed by atoms with Crippen LogP contribution in [0.2, 0.25) is 0 Å². The Balaban J connectivity index is 2.68. The summed E-state index contributed by atoms with van der Waals surface area (Å²) in [4.78, 5) is 0. The zero-order valence-corrected chi connectivity index (χ0v) is 9.46. The average Bonchev–Trinajstić information content (AvgIpc) is 2.25. The van der Waals surface area contributed by atoms with Gasteiger partial charge in [-0.05, 0) is 30.5 Å². The van der Waals surface area contributed by atoms with Gasteiger partial charge in [-0.2, -0.15) is 5.26 Å². The second-order valence-corrected chi connectivity index (χ2v) is 3.73. The molecule has 15 heavy (non-hydrogen) atoms. The van der Waals surface area contributed by atoms with Gasteiger partial charge in [0.15, 0.2) is 0 Å². The van der Waals surface area contributed by atoms with Gasteiger partial charge in [-0.3, -0.25) is 0 Å². The molecule has 0 N–H and O–H groups in total. The molecule has 78 valence electrons. The lowest BCUT2D eigenvalue weighted by Crippen LogP contribution is -1.82. The molecule has 1 aromatic rings. The van der Waals surface area contributed by atoms with Crippen LogP contribution >= 0.6 is 0 Å². The molecule has 0 fully saturated rings. The zero-order chi connectivity index (χ0) is 11.1. The first-order valence-corrected chi connectivity index (χ1v) is 5.45. The van der Waals surface area contributed by atoms with Gasteiger partial charge in [-0.15, -0.1) is 0 Å². The summed E-state index contributed by atoms with van der Waals surface area (Å²) in [5.74, 6) is 0. The van der Waals surface area contributed by atoms with Gasteiger partial charge in [0, 0.05) is 0 Å². The second kappa shape index (κ2) is 6.03. The molecule has 0 amide bonds. The first-order valence-electron chi connectivity index (χ1n) is 5.45. The SMILES string of the molecule is CCCCC=Cc1ccc(C#N)c(C)c1. The third kappa shape index (κ3) is 3.59. The average molecular weight is 199 g/mol. The van der Waals surface area contributed by atoms with Crippen molar-refractivity contribution in [1.29, 1.82) is 5.26 Å². The van der Waals surface area contributed by atoms with E-state index >= 15 is 0 Å². The van der Waals surface area contributed by atoms with Crippen LogP contribution in [-0.2, 0) is 0 Å². The largest absolute Gasteiger partial charge is 0.192 e. The van der Waals surface area contributed by atoms with Crippen molar-refractivity contribution < 1.29 is 0 Å². The first kappa shape index (κ1) is 11.5. The van der Waals surface area contributed by atoms with Crippen LogP contribution in [0.4, 0.5) is 0 Å². The number of unbranched alkanes of at least 4 members (excludes halogenated alkanes) is 2. The summed E-state index contributed by atoms with van der Waals surface area (Å²) in [6.45, 7) is 4.17. The summed E-state index contributed by atoms with van der Waals surface area (Å²) in [5.41, 5.74) is 3.00. The van der Waals surface area contributed by atoms with Gasteiger partial charge in [0.05, 0.1) is 11.6 Å². The van der Waals surface area contributed by atoms with Crippen LogP contribution in [0.15, 0.2) is 24.3 Å². The number of nitrogens with zero attached hydrogens (tertiary/aromatic N) is 1. The summed E-state index contributed by atoms with van der Waals surface area (Å²) < 4.78 is 0. The Kier molecular flexibility index (Phi) is 4.63. The summed E-state index contributed by atoms with van der Waals surface area (Å²) >= 11 is 0. The van der Waals surface area contributed by atoms with E-state index in [1.165, 1.54) is 18.4 Å². The maximum Gasteiger partial charge on any atom is 0.0994 e. The molecule has 0 atom stereocenters. The first-order chi connectivity index (χ1) is 7.27. The highest BCUT2D eigenvalue weighted by molar-refractivity contribution is 5.53. The molecule has 1 aromatic carbocycles. The summed E-state index contributed by atoms with van der Waals surface area (Å²) in [7, 11) is 0. The Morgan fingerprint density at radius 2 is 2.20 bits per heavy atom. The predicted octanol–water partition coefficient (Wildman–Crippen LogP) is 4.07. The smallest absolute Gasteiger partial charge is 0.0994 e. The van der Waals surface area contributed by atoms with Gasteiger partial charge in [-0.1, -0.05) is 44.1 Å². The van der Waals surface area contributed by atoms with Crippen LogP contribution in [-0.4, -0.2) is 0 Å². The van der Waals surface area contributed by atoms with E-state index in [1.54, 1.807) is 0 Å². The Morgan fingerprint density at radius 1 is 1.40 bits per heavy atom. The normalized spacial score (nSPS) is 10.5. The van der Waals surface area contributed by atoms with Crippen LogP contribution in [0.3, 0.4) is 0 Å². The van der Waals surface area contributed by atoms with Crippen molar-refractivity contribution in [3.8, 4) is 6.07 Å². The van der Waals surface area contributed by atoms with E-state index in [4.69, 9.17) is 5.26 Å². The Hall–Kier alpha value is -1.55. The highest BCUT2D eigenvalue weighted by Crippen LogP contribution is 2.12. The number of hydrogen-bond acceptors (Lipinski definition) is 1. The number of rotatable bonds is 4. The van der Waals surface area contributed by atoms with E-state index in [2.05, 4.69) is 31.2 Å². The molecular formula is C14H17N. The van der Waals surface area contributed by atoms with Crippen LogP contribution in [0.1, 0.15) is 42.9 Å². The molecule has 1 rings (SSSR count). The third-order valence-electron chi connectivity index (χ3n) is 2.41. The molecule has 0 spiro atoms. The van der Waals surface area contributed by atoms with Gasteiger partial charge in [0.2, 0.25) is 0 Å². The number of benzene rings is 1. The van der Waals surface area contributed by atoms with Crippen molar-refractivity contribution in [3.63, 3.8) is 0 Å². The van der Waals surface area contributed by atoms with Gasteiger partial charge in [-0.25, -0.2) is 0 Å². The van der Waals surface area contributed by atoms with Crippen molar-refractivity contribution in [2.45, 2.75) is 33.1 Å². The summed E-state index contributed by atoms with van der Waals surface area (Å²) in [6.07, 6.45) is 7.94. The van der Waals surface area contributed by atoms with Crippen LogP contribution in [0.5, 0.6) is 0 Å². The van der Waals surface area contributed by atoms with E-state index in [0.29, 0.717) is 0 Å². The second-order valence-electron chi connectivity index (χ2n) is 3.73. The monoisotopic (exact) mass is 199 g/mol. The Bertz CT molecular complexity index is 383. The van der Waals surface area contributed by atoms with E-state index in [1.807, 2.05) is 19.1 Å². The van der Waals surface area contributed by atoms with E-state index in [-0.39, 0.29) is 0 Å². The van der Waals surface area contributed by atoms with Crippen molar-refractivity contribution in [2.24, 2.45) is 0 Å². The number of allylic oxidation sites excluding steroid dienone is 1. The molecule has 0 bridgehead atoms. The lowest BCUT2D eigenvalue weighted by atomic mass is 10.1. The molecule has 0 saturated heterocycles. The highest BCUT2D eigenvalue weighted by atomic mass is 14.2. The molecule has 0 saturated carbocycles. The van der Waals surface area contributed by atoms with Crippen molar-refractivity contribution in [3.05, 3.63) is 41.0 Å². The van der Waals surface area contributed by atoms with Crippen LogP contribution in [0, 0.1) is 18.3 Å². The lowest BCUT2D eigenvalue weighted by Gasteiger charge is -1.98. The minimum Gasteiger partial charge on any atom is -0.192 e. The van der Waals surface area contributed by atoms with Gasteiger partial charge >= 0.3 is 0 Å². The minimum absolute atomic E-state index is 0.765. The van der Waals surface area contributed by atoms with Gasteiger partial charge in [0.1, 0.15) is 0 Å². The van der Waals surface area contributed by atoms with Crippen molar-refractivity contribution >= 4 is 6.08 Å². The number of aryl methyl sites for hydroxylation is 1. The highest BCUT2D eigenvalue weighted by Gasteiger charge is 1.95. The van der Waals surface area contributed by atoms with Crippen molar-refractivity contribution in [2.75, 3.05) is 0 Å². The standard InChI is InChI=1S/C14H17N/c1-3-4-5-6-7-13-8-9-14(11-15)12(2)10-13/h6-10H,3-5H2,1-2H3. The zero-order valence-electron chi connectivity index (χ0n) is 9.46. The maximum atomic E-state index is 8.79. The van der Waals surface area contributed by atoms with E-state index in [9.17, 15) is 0 Å². The molecule has 0 unspecified atom stereocenters. The molecule has 0 aliphatic carbocycles. The van der Waals surface area contributed by atoms with Gasteiger partial charge in [0.25, 0.3) is 0 Å². The quantitative estimate of drug-likeness (QED) is 0.670. The Morgan fingerprint density at radius 3 is 2.80 bits per heavy atom. The number of hydrogen-bond donors (Lipinski definition) is 0. The predicted molar refractivity (Wildman–Crippen MR) is 64.5 cm³/mol.